The minimum absolute atomic E-state index is 0.273. The van der Waals surface area contributed by atoms with E-state index in [1.54, 1.807) is 19.9 Å². The Morgan fingerprint density at radius 1 is 1.35 bits per heavy atom. The summed E-state index contributed by atoms with van der Waals surface area (Å²) in [6.45, 7) is 3.08. The highest BCUT2D eigenvalue weighted by atomic mass is 19.1. The number of likely N-dealkylation sites (N-methyl/N-ethyl adjacent to an activating group) is 1. The van der Waals surface area contributed by atoms with Crippen LogP contribution in [-0.2, 0) is 14.4 Å². The van der Waals surface area contributed by atoms with Crippen molar-refractivity contribution in [3.63, 3.8) is 0 Å². The summed E-state index contributed by atoms with van der Waals surface area (Å²) in [4.78, 5) is 44.6. The van der Waals surface area contributed by atoms with Gasteiger partial charge in [0, 0.05) is 29.7 Å². The standard InChI is InChI=1S/C21H23FN4O5/c1-10-16(8-14-13-7-12(22)5-6-15(13)25-19(14)28)24-11(2)18(10)20(29)23-9-17(27)21(30)26(3)31-4/h5-8,17,24,27H,9H2,1-4H3,(H,23,29)(H,25,28)/b14-8-. The molecule has 0 bridgehead atoms. The maximum absolute atomic E-state index is 13.7. The Morgan fingerprint density at radius 2 is 2.06 bits per heavy atom. The first-order valence-corrected chi connectivity index (χ1v) is 9.44. The Bertz CT molecular complexity index is 1090. The van der Waals surface area contributed by atoms with E-state index in [2.05, 4.69) is 15.6 Å². The van der Waals surface area contributed by atoms with Crippen LogP contribution in [0, 0.1) is 19.7 Å². The second-order valence-electron chi connectivity index (χ2n) is 7.11. The number of anilines is 1. The summed E-state index contributed by atoms with van der Waals surface area (Å²) in [6.07, 6.45) is 0.0923. The number of carbonyl (C=O) groups excluding carboxylic acids is 3. The average molecular weight is 430 g/mol. The van der Waals surface area contributed by atoms with Gasteiger partial charge in [-0.25, -0.2) is 9.45 Å². The normalized spacial score (nSPS) is 14.9. The molecule has 31 heavy (non-hydrogen) atoms. The largest absolute Gasteiger partial charge is 0.381 e. The molecular weight excluding hydrogens is 407 g/mol. The lowest BCUT2D eigenvalue weighted by molar-refractivity contribution is -0.177. The van der Waals surface area contributed by atoms with Gasteiger partial charge >= 0.3 is 0 Å². The molecule has 2 aromatic rings. The summed E-state index contributed by atoms with van der Waals surface area (Å²) in [5.41, 5.74) is 3.16. The number of nitrogens with zero attached hydrogens (tertiary/aromatic N) is 1. The molecule has 3 rings (SSSR count). The van der Waals surface area contributed by atoms with Crippen LogP contribution in [0.25, 0.3) is 11.6 Å². The van der Waals surface area contributed by atoms with Gasteiger partial charge < -0.3 is 20.7 Å². The zero-order valence-corrected chi connectivity index (χ0v) is 17.5. The van der Waals surface area contributed by atoms with E-state index in [0.29, 0.717) is 33.8 Å². The fourth-order valence-corrected chi connectivity index (χ4v) is 3.37. The summed E-state index contributed by atoms with van der Waals surface area (Å²) in [5, 5.41) is 16.0. The van der Waals surface area contributed by atoms with E-state index in [-0.39, 0.29) is 18.0 Å². The SMILES string of the molecule is CON(C)C(=O)C(O)CNC(=O)c1c(C)[nH]c(/C=C2\C(=O)Nc3ccc(F)cc32)c1C. The molecule has 1 aromatic heterocycles. The number of hydrogen-bond donors (Lipinski definition) is 4. The van der Waals surface area contributed by atoms with Crippen molar-refractivity contribution in [1.29, 1.82) is 0 Å². The number of halogens is 1. The number of carbonyl (C=O) groups is 3. The molecule has 3 amide bonds. The van der Waals surface area contributed by atoms with Crippen molar-refractivity contribution < 1.29 is 28.7 Å². The molecule has 0 saturated heterocycles. The first kappa shape index (κ1) is 22.2. The van der Waals surface area contributed by atoms with E-state index in [1.165, 1.54) is 32.4 Å². The third-order valence-corrected chi connectivity index (χ3v) is 5.08. The molecule has 0 fully saturated rings. The van der Waals surface area contributed by atoms with Crippen LogP contribution < -0.4 is 10.6 Å². The van der Waals surface area contributed by atoms with Crippen LogP contribution >= 0.6 is 0 Å². The molecule has 0 spiro atoms. The molecule has 10 heteroatoms. The first-order valence-electron chi connectivity index (χ1n) is 9.44. The van der Waals surface area contributed by atoms with Gasteiger partial charge in [0.2, 0.25) is 0 Å². The van der Waals surface area contributed by atoms with Gasteiger partial charge in [-0.15, -0.1) is 0 Å². The number of H-pyrrole nitrogens is 1. The molecule has 2 heterocycles. The van der Waals surface area contributed by atoms with Gasteiger partial charge in [0.05, 0.1) is 24.8 Å². The second-order valence-corrected chi connectivity index (χ2v) is 7.11. The Morgan fingerprint density at radius 3 is 2.74 bits per heavy atom. The van der Waals surface area contributed by atoms with Crippen molar-refractivity contribution in [3.8, 4) is 0 Å². The highest BCUT2D eigenvalue weighted by Crippen LogP contribution is 2.34. The molecule has 0 radical (unpaired) electrons. The van der Waals surface area contributed by atoms with Gasteiger partial charge in [-0.05, 0) is 43.7 Å². The van der Waals surface area contributed by atoms with Gasteiger partial charge in [-0.1, -0.05) is 0 Å². The Balaban J connectivity index is 1.83. The van der Waals surface area contributed by atoms with Crippen LogP contribution in [0.4, 0.5) is 10.1 Å². The minimum atomic E-state index is -1.47. The number of hydroxylamine groups is 2. The number of amides is 3. The van der Waals surface area contributed by atoms with Crippen molar-refractivity contribution in [2.45, 2.75) is 20.0 Å². The zero-order valence-electron chi connectivity index (χ0n) is 17.5. The van der Waals surface area contributed by atoms with Gasteiger partial charge in [0.15, 0.2) is 6.10 Å². The van der Waals surface area contributed by atoms with E-state index in [9.17, 15) is 23.9 Å². The summed E-state index contributed by atoms with van der Waals surface area (Å²) in [5.74, 6) is -2.03. The minimum Gasteiger partial charge on any atom is -0.381 e. The van der Waals surface area contributed by atoms with Gasteiger partial charge in [-0.2, -0.15) is 0 Å². The third kappa shape index (κ3) is 4.35. The zero-order chi connectivity index (χ0) is 22.9. The lowest BCUT2D eigenvalue weighted by Crippen LogP contribution is -2.43. The highest BCUT2D eigenvalue weighted by molar-refractivity contribution is 6.34. The summed E-state index contributed by atoms with van der Waals surface area (Å²) >= 11 is 0. The smallest absolute Gasteiger partial charge is 0.276 e. The number of fused-ring (bicyclic) bond motifs is 1. The molecule has 1 aliphatic rings. The monoisotopic (exact) mass is 430 g/mol. The van der Waals surface area contributed by atoms with Crippen molar-refractivity contribution in [2.24, 2.45) is 0 Å². The van der Waals surface area contributed by atoms with Crippen LogP contribution in [0.2, 0.25) is 0 Å². The van der Waals surface area contributed by atoms with Crippen LogP contribution in [0.1, 0.15) is 32.9 Å². The maximum atomic E-state index is 13.7. The molecule has 0 aliphatic carbocycles. The van der Waals surface area contributed by atoms with Gasteiger partial charge in [-0.3, -0.25) is 19.2 Å². The molecule has 1 unspecified atom stereocenters. The van der Waals surface area contributed by atoms with E-state index in [0.717, 1.165) is 5.06 Å². The van der Waals surface area contributed by atoms with E-state index >= 15 is 0 Å². The molecule has 1 aromatic carbocycles. The second kappa shape index (κ2) is 8.70. The van der Waals surface area contributed by atoms with Gasteiger partial charge in [0.25, 0.3) is 17.7 Å². The number of benzene rings is 1. The number of aliphatic hydroxyl groups is 1. The number of nitrogens with one attached hydrogen (secondary N) is 3. The molecule has 1 aliphatic heterocycles. The van der Waals surface area contributed by atoms with E-state index < -0.39 is 23.7 Å². The molecular formula is C21H23FN4O5. The molecule has 9 nitrogen and oxygen atoms in total. The fraction of sp³-hybridized carbons (Fsp3) is 0.286. The predicted octanol–water partition coefficient (Wildman–Crippen LogP) is 1.37. The van der Waals surface area contributed by atoms with Crippen molar-refractivity contribution in [3.05, 3.63) is 52.1 Å². The first-order chi connectivity index (χ1) is 14.6. The van der Waals surface area contributed by atoms with Crippen LogP contribution in [0.5, 0.6) is 0 Å². The van der Waals surface area contributed by atoms with Crippen molar-refractivity contribution in [1.82, 2.24) is 15.4 Å². The quantitative estimate of drug-likeness (QED) is 0.407. The number of aromatic nitrogens is 1. The molecule has 164 valence electrons. The Labute approximate surface area is 177 Å². The number of rotatable bonds is 6. The van der Waals surface area contributed by atoms with E-state index in [1.807, 2.05) is 0 Å². The topological polar surface area (TPSA) is 124 Å². The lowest BCUT2D eigenvalue weighted by Gasteiger charge is -2.18. The Kier molecular flexibility index (Phi) is 6.23. The molecule has 0 saturated carbocycles. The van der Waals surface area contributed by atoms with Gasteiger partial charge in [0.1, 0.15) is 5.82 Å². The van der Waals surface area contributed by atoms with Crippen molar-refractivity contribution >= 4 is 35.1 Å². The fourth-order valence-electron chi connectivity index (χ4n) is 3.37. The average Bonchev–Trinajstić information content (AvgIpc) is 3.19. The molecule has 4 N–H and O–H groups in total. The number of aromatic amines is 1. The number of aliphatic hydroxyl groups excluding tert-OH is 1. The third-order valence-electron chi connectivity index (χ3n) is 5.08. The van der Waals surface area contributed by atoms with Crippen molar-refractivity contribution in [2.75, 3.05) is 26.0 Å². The number of aryl methyl sites for hydroxylation is 1. The van der Waals surface area contributed by atoms with Crippen LogP contribution in [0.15, 0.2) is 18.2 Å². The van der Waals surface area contributed by atoms with Crippen LogP contribution in [-0.4, -0.2) is 59.7 Å². The number of hydrogen-bond acceptors (Lipinski definition) is 5. The highest BCUT2D eigenvalue weighted by Gasteiger charge is 2.26. The summed E-state index contributed by atoms with van der Waals surface area (Å²) in [6, 6.07) is 4.02. The molecule has 1 atom stereocenters. The Hall–Kier alpha value is -3.50. The maximum Gasteiger partial charge on any atom is 0.276 e. The lowest BCUT2D eigenvalue weighted by atomic mass is 10.0. The summed E-state index contributed by atoms with van der Waals surface area (Å²) < 4.78 is 13.7. The van der Waals surface area contributed by atoms with Crippen LogP contribution in [0.3, 0.4) is 0 Å². The summed E-state index contributed by atoms with van der Waals surface area (Å²) in [7, 11) is 2.62. The predicted molar refractivity (Wildman–Crippen MR) is 111 cm³/mol. The van der Waals surface area contributed by atoms with E-state index in [4.69, 9.17) is 4.84 Å².